The van der Waals surface area contributed by atoms with Crippen LogP contribution in [0.5, 0.6) is 0 Å². The molecule has 6 nitrogen and oxygen atoms in total. The molecule has 0 aliphatic heterocycles. The molecule has 0 aliphatic carbocycles. The number of benzene rings is 1. The number of aromatic nitrogens is 4. The number of rotatable bonds is 3. The molecule has 0 bridgehead atoms. The summed E-state index contributed by atoms with van der Waals surface area (Å²) in [5.41, 5.74) is 1.80. The van der Waals surface area contributed by atoms with E-state index in [1.165, 1.54) is 18.5 Å². The maximum absolute atomic E-state index is 13.1. The van der Waals surface area contributed by atoms with Crippen LogP contribution >= 0.6 is 11.6 Å². The Hall–Kier alpha value is -2.41. The van der Waals surface area contributed by atoms with Crippen molar-refractivity contribution in [3.63, 3.8) is 0 Å². The van der Waals surface area contributed by atoms with Crippen LogP contribution in [0.15, 0.2) is 24.5 Å². The van der Waals surface area contributed by atoms with Crippen molar-refractivity contribution in [2.45, 2.75) is 0 Å². The minimum atomic E-state index is -0.470. The number of imidazole rings is 1. The summed E-state index contributed by atoms with van der Waals surface area (Å²) in [5, 5.41) is 5.96. The Kier molecular flexibility index (Phi) is 3.11. The largest absolute Gasteiger partial charge is 0.357 e. The van der Waals surface area contributed by atoms with Crippen molar-refractivity contribution in [1.82, 2.24) is 19.9 Å². The van der Waals surface area contributed by atoms with Gasteiger partial charge in [0.2, 0.25) is 5.95 Å². The zero-order valence-corrected chi connectivity index (χ0v) is 11.2. The molecule has 1 aromatic carbocycles. The average Bonchev–Trinajstić information content (AvgIpc) is 2.91. The summed E-state index contributed by atoms with van der Waals surface area (Å²) in [6.07, 6.45) is 1.53. The summed E-state index contributed by atoms with van der Waals surface area (Å²) in [6.45, 7) is 0. The zero-order chi connectivity index (χ0) is 14.1. The van der Waals surface area contributed by atoms with Crippen LogP contribution in [0, 0.1) is 5.82 Å². The fourth-order valence-corrected chi connectivity index (χ4v) is 1.93. The topological polar surface area (TPSA) is 78.5 Å². The van der Waals surface area contributed by atoms with Gasteiger partial charge >= 0.3 is 0 Å². The van der Waals surface area contributed by atoms with Crippen molar-refractivity contribution in [3.8, 4) is 0 Å². The highest BCUT2D eigenvalue weighted by Crippen LogP contribution is 2.25. The molecule has 0 spiro atoms. The van der Waals surface area contributed by atoms with Gasteiger partial charge in [0.15, 0.2) is 11.5 Å². The van der Waals surface area contributed by atoms with E-state index < -0.39 is 5.82 Å². The number of nitrogens with one attached hydrogen (secondary N) is 3. The molecule has 0 unspecified atom stereocenters. The Balaban J connectivity index is 2.04. The SMILES string of the molecule is CNc1nc(Nc2ccc(F)c(Cl)c2)c2[nH]cnc2n1. The van der Waals surface area contributed by atoms with Gasteiger partial charge in [0.25, 0.3) is 0 Å². The van der Waals surface area contributed by atoms with E-state index in [0.29, 0.717) is 28.6 Å². The number of hydrogen-bond acceptors (Lipinski definition) is 5. The second-order valence-electron chi connectivity index (χ2n) is 4.00. The minimum Gasteiger partial charge on any atom is -0.357 e. The van der Waals surface area contributed by atoms with Gasteiger partial charge in [-0.25, -0.2) is 9.37 Å². The molecular formula is C12H10ClFN6. The average molecular weight is 293 g/mol. The van der Waals surface area contributed by atoms with E-state index in [-0.39, 0.29) is 5.02 Å². The summed E-state index contributed by atoms with van der Waals surface area (Å²) in [5.74, 6) is 0.488. The number of anilines is 3. The van der Waals surface area contributed by atoms with Crippen LogP contribution < -0.4 is 10.6 Å². The third-order valence-corrected chi connectivity index (χ3v) is 2.98. The summed E-state index contributed by atoms with van der Waals surface area (Å²) in [4.78, 5) is 15.5. The lowest BCUT2D eigenvalue weighted by Gasteiger charge is -2.08. The Labute approximate surface area is 118 Å². The fourth-order valence-electron chi connectivity index (χ4n) is 1.75. The molecule has 3 aromatic rings. The standard InChI is InChI=1S/C12H10ClFN6/c1-15-12-19-10-9(16-5-17-10)11(20-12)18-6-2-3-8(14)7(13)4-6/h2-5H,1H3,(H3,15,16,17,18,19,20). The quantitative estimate of drug-likeness (QED) is 0.692. The third kappa shape index (κ3) is 2.23. The van der Waals surface area contributed by atoms with Gasteiger partial charge in [-0.15, -0.1) is 0 Å². The maximum atomic E-state index is 13.1. The lowest BCUT2D eigenvalue weighted by molar-refractivity contribution is 0.628. The van der Waals surface area contributed by atoms with E-state index in [4.69, 9.17) is 11.6 Å². The van der Waals surface area contributed by atoms with Gasteiger partial charge in [0, 0.05) is 12.7 Å². The van der Waals surface area contributed by atoms with Gasteiger partial charge in [-0.3, -0.25) is 0 Å². The molecule has 0 saturated heterocycles. The van der Waals surface area contributed by atoms with Gasteiger partial charge in [-0.2, -0.15) is 9.97 Å². The highest BCUT2D eigenvalue weighted by molar-refractivity contribution is 6.31. The van der Waals surface area contributed by atoms with Crippen molar-refractivity contribution >= 4 is 40.2 Å². The summed E-state index contributed by atoms with van der Waals surface area (Å²) >= 11 is 5.76. The van der Waals surface area contributed by atoms with Crippen LogP contribution in [-0.4, -0.2) is 27.0 Å². The second-order valence-corrected chi connectivity index (χ2v) is 4.41. The van der Waals surface area contributed by atoms with Crippen LogP contribution in [0.25, 0.3) is 11.2 Å². The van der Waals surface area contributed by atoms with E-state index in [1.54, 1.807) is 13.1 Å². The predicted molar refractivity (Wildman–Crippen MR) is 75.9 cm³/mol. The van der Waals surface area contributed by atoms with Crippen molar-refractivity contribution in [3.05, 3.63) is 35.4 Å². The van der Waals surface area contributed by atoms with Gasteiger partial charge in [-0.1, -0.05) is 11.6 Å². The van der Waals surface area contributed by atoms with E-state index in [1.807, 2.05) is 0 Å². The van der Waals surface area contributed by atoms with Crippen molar-refractivity contribution in [2.75, 3.05) is 17.7 Å². The van der Waals surface area contributed by atoms with E-state index in [0.717, 1.165) is 0 Å². The minimum absolute atomic E-state index is 0.0405. The molecule has 0 atom stereocenters. The number of hydrogen-bond donors (Lipinski definition) is 3. The van der Waals surface area contributed by atoms with E-state index in [2.05, 4.69) is 30.6 Å². The molecule has 0 saturated carbocycles. The first kappa shape index (κ1) is 12.6. The first-order chi connectivity index (χ1) is 9.67. The zero-order valence-electron chi connectivity index (χ0n) is 10.4. The van der Waals surface area contributed by atoms with Crippen LogP contribution in [0.4, 0.5) is 21.8 Å². The Morgan fingerprint density at radius 2 is 2.15 bits per heavy atom. The highest BCUT2D eigenvalue weighted by Gasteiger charge is 2.10. The number of H-pyrrole nitrogens is 1. The summed E-state index contributed by atoms with van der Waals surface area (Å²) in [7, 11) is 1.71. The molecule has 0 radical (unpaired) electrons. The molecular weight excluding hydrogens is 283 g/mol. The summed E-state index contributed by atoms with van der Waals surface area (Å²) in [6, 6.07) is 4.35. The Morgan fingerprint density at radius 3 is 2.90 bits per heavy atom. The Bertz CT molecular complexity index is 772. The lowest BCUT2D eigenvalue weighted by atomic mass is 10.3. The molecule has 0 amide bonds. The molecule has 8 heteroatoms. The van der Waals surface area contributed by atoms with E-state index >= 15 is 0 Å². The molecule has 3 rings (SSSR count). The fraction of sp³-hybridized carbons (Fsp3) is 0.0833. The molecule has 20 heavy (non-hydrogen) atoms. The van der Waals surface area contributed by atoms with Crippen LogP contribution in [0.3, 0.4) is 0 Å². The molecule has 3 N–H and O–H groups in total. The van der Waals surface area contributed by atoms with E-state index in [9.17, 15) is 4.39 Å². The van der Waals surface area contributed by atoms with Crippen LogP contribution in [0.1, 0.15) is 0 Å². The normalized spacial score (nSPS) is 10.8. The second kappa shape index (κ2) is 4.93. The lowest BCUT2D eigenvalue weighted by Crippen LogP contribution is -2.02. The third-order valence-electron chi connectivity index (χ3n) is 2.69. The predicted octanol–water partition coefficient (Wildman–Crippen LogP) is 2.93. The molecule has 2 heterocycles. The van der Waals surface area contributed by atoms with Crippen molar-refractivity contribution in [2.24, 2.45) is 0 Å². The molecule has 2 aromatic heterocycles. The van der Waals surface area contributed by atoms with Crippen LogP contribution in [-0.2, 0) is 0 Å². The van der Waals surface area contributed by atoms with Crippen LogP contribution in [0.2, 0.25) is 5.02 Å². The van der Waals surface area contributed by atoms with Gasteiger partial charge < -0.3 is 15.6 Å². The number of halogens is 2. The molecule has 102 valence electrons. The Morgan fingerprint density at radius 1 is 1.30 bits per heavy atom. The summed E-state index contributed by atoms with van der Waals surface area (Å²) < 4.78 is 13.1. The van der Waals surface area contributed by atoms with Crippen molar-refractivity contribution < 1.29 is 4.39 Å². The first-order valence-electron chi connectivity index (χ1n) is 5.78. The van der Waals surface area contributed by atoms with Gasteiger partial charge in [0.1, 0.15) is 11.3 Å². The smallest absolute Gasteiger partial charge is 0.226 e. The van der Waals surface area contributed by atoms with Gasteiger partial charge in [-0.05, 0) is 18.2 Å². The maximum Gasteiger partial charge on any atom is 0.226 e. The van der Waals surface area contributed by atoms with Gasteiger partial charge in [0.05, 0.1) is 11.3 Å². The number of aromatic amines is 1. The molecule has 0 aliphatic rings. The van der Waals surface area contributed by atoms with Crippen molar-refractivity contribution in [1.29, 1.82) is 0 Å². The number of nitrogens with zero attached hydrogens (tertiary/aromatic N) is 3. The number of fused-ring (bicyclic) bond motifs is 1. The molecule has 0 fully saturated rings. The monoisotopic (exact) mass is 292 g/mol. The highest BCUT2D eigenvalue weighted by atomic mass is 35.5. The first-order valence-corrected chi connectivity index (χ1v) is 6.16.